The average molecular weight is 349 g/mol. The minimum atomic E-state index is 0.162. The minimum absolute atomic E-state index is 0.162. The Kier molecular flexibility index (Phi) is 3.62. The van der Waals surface area contributed by atoms with Crippen LogP contribution in [0.2, 0.25) is 0 Å². The summed E-state index contributed by atoms with van der Waals surface area (Å²) in [6.07, 6.45) is 7.46. The molecule has 0 radical (unpaired) electrons. The van der Waals surface area contributed by atoms with E-state index in [-0.39, 0.29) is 5.91 Å². The molecular formula is C21H23N3O2. The Labute approximate surface area is 152 Å². The van der Waals surface area contributed by atoms with Crippen molar-refractivity contribution in [3.63, 3.8) is 0 Å². The quantitative estimate of drug-likeness (QED) is 0.731. The molecule has 3 heterocycles. The van der Waals surface area contributed by atoms with E-state index in [1.54, 1.807) is 6.20 Å². The number of furan rings is 1. The molecule has 2 aliphatic carbocycles. The lowest BCUT2D eigenvalue weighted by Crippen LogP contribution is -2.33. The summed E-state index contributed by atoms with van der Waals surface area (Å²) in [5, 5.41) is 1.03. The molecule has 2 aliphatic rings. The van der Waals surface area contributed by atoms with Crippen molar-refractivity contribution in [2.75, 3.05) is 0 Å². The third kappa shape index (κ3) is 2.91. The van der Waals surface area contributed by atoms with Crippen LogP contribution in [0.5, 0.6) is 0 Å². The maximum absolute atomic E-state index is 13.0. The van der Waals surface area contributed by atoms with Gasteiger partial charge in [-0.15, -0.1) is 0 Å². The second-order valence-corrected chi connectivity index (χ2v) is 7.77. The Morgan fingerprint density at radius 1 is 1.35 bits per heavy atom. The highest BCUT2D eigenvalue weighted by Gasteiger charge is 2.37. The number of amides is 1. The number of rotatable bonds is 6. The van der Waals surface area contributed by atoms with Gasteiger partial charge in [-0.2, -0.15) is 0 Å². The number of carbonyl (C=O) groups excluding carboxylic acids is 1. The number of carbonyl (C=O) groups is 1. The first-order valence-corrected chi connectivity index (χ1v) is 9.48. The fourth-order valence-corrected chi connectivity index (χ4v) is 3.80. The van der Waals surface area contributed by atoms with Crippen molar-refractivity contribution < 1.29 is 9.21 Å². The predicted octanol–water partition coefficient (Wildman–Crippen LogP) is 4.01. The lowest BCUT2D eigenvalue weighted by Gasteiger charge is -2.21. The van der Waals surface area contributed by atoms with E-state index < -0.39 is 0 Å². The normalized spacial score (nSPS) is 21.9. The van der Waals surface area contributed by atoms with Crippen LogP contribution in [0.1, 0.15) is 49.2 Å². The van der Waals surface area contributed by atoms with E-state index in [0.717, 1.165) is 46.9 Å². The maximum Gasteiger partial charge on any atom is 0.227 e. The highest BCUT2D eigenvalue weighted by molar-refractivity contribution is 5.87. The molecule has 0 aliphatic heterocycles. The summed E-state index contributed by atoms with van der Waals surface area (Å²) in [5.41, 5.74) is 1.85. The molecule has 1 N–H and O–H groups in total. The fraction of sp³-hybridized carbons (Fsp3) is 0.429. The molecule has 5 heteroatoms. The summed E-state index contributed by atoms with van der Waals surface area (Å²) in [6.45, 7) is 2.83. The summed E-state index contributed by atoms with van der Waals surface area (Å²) < 4.78 is 6.03. The number of aromatic nitrogens is 2. The Balaban J connectivity index is 1.32. The molecular weight excluding hydrogens is 326 g/mol. The van der Waals surface area contributed by atoms with Crippen LogP contribution in [0.15, 0.2) is 41.1 Å². The van der Waals surface area contributed by atoms with E-state index in [1.807, 2.05) is 29.3 Å². The summed E-state index contributed by atoms with van der Waals surface area (Å²) in [7, 11) is 0. The van der Waals surface area contributed by atoms with Crippen molar-refractivity contribution in [2.45, 2.75) is 51.1 Å². The van der Waals surface area contributed by atoms with Crippen LogP contribution < -0.4 is 0 Å². The van der Waals surface area contributed by atoms with Crippen LogP contribution in [0.4, 0.5) is 0 Å². The Morgan fingerprint density at radius 2 is 2.19 bits per heavy atom. The third-order valence-corrected chi connectivity index (χ3v) is 5.67. The number of hydrogen-bond donors (Lipinski definition) is 1. The fourth-order valence-electron chi connectivity index (χ4n) is 3.80. The molecule has 3 aromatic heterocycles. The van der Waals surface area contributed by atoms with E-state index in [2.05, 4.69) is 23.0 Å². The monoisotopic (exact) mass is 349 g/mol. The third-order valence-electron chi connectivity index (χ3n) is 5.67. The zero-order chi connectivity index (χ0) is 17.7. The SMILES string of the molecule is C[C@H]1C[C@@H]1c1ccc(CN(C(=O)Cc2c[nH]c3ncccc23)C2CC2)o1. The number of pyridine rings is 1. The van der Waals surface area contributed by atoms with Gasteiger partial charge in [0.15, 0.2) is 0 Å². The molecule has 1 amide bonds. The number of aromatic amines is 1. The smallest absolute Gasteiger partial charge is 0.227 e. The van der Waals surface area contributed by atoms with Gasteiger partial charge in [-0.3, -0.25) is 4.79 Å². The first-order chi connectivity index (χ1) is 12.7. The molecule has 0 bridgehead atoms. The van der Waals surface area contributed by atoms with Crippen molar-refractivity contribution in [1.29, 1.82) is 0 Å². The zero-order valence-corrected chi connectivity index (χ0v) is 14.9. The molecule has 0 spiro atoms. The second-order valence-electron chi connectivity index (χ2n) is 7.77. The summed E-state index contributed by atoms with van der Waals surface area (Å²) in [4.78, 5) is 22.4. The molecule has 2 fully saturated rings. The van der Waals surface area contributed by atoms with Gasteiger partial charge in [-0.05, 0) is 55.0 Å². The van der Waals surface area contributed by atoms with E-state index in [9.17, 15) is 4.79 Å². The molecule has 0 unspecified atom stereocenters. The van der Waals surface area contributed by atoms with Crippen LogP contribution in [0.3, 0.4) is 0 Å². The van der Waals surface area contributed by atoms with Gasteiger partial charge in [0.1, 0.15) is 17.2 Å². The predicted molar refractivity (Wildman–Crippen MR) is 98.6 cm³/mol. The van der Waals surface area contributed by atoms with Gasteiger partial charge in [-0.25, -0.2) is 4.98 Å². The average Bonchev–Trinajstić information content (AvgIpc) is 3.53. The first kappa shape index (κ1) is 15.7. The van der Waals surface area contributed by atoms with Crippen molar-refractivity contribution >= 4 is 16.9 Å². The number of hydrogen-bond acceptors (Lipinski definition) is 3. The van der Waals surface area contributed by atoms with Gasteiger partial charge in [0.05, 0.1) is 13.0 Å². The Hall–Kier alpha value is -2.56. The molecule has 0 aromatic carbocycles. The van der Waals surface area contributed by atoms with E-state index in [0.29, 0.717) is 24.9 Å². The van der Waals surface area contributed by atoms with Crippen LogP contribution in [0, 0.1) is 5.92 Å². The Bertz CT molecular complexity index is 953. The molecule has 134 valence electrons. The van der Waals surface area contributed by atoms with Crippen molar-refractivity contribution in [3.8, 4) is 0 Å². The van der Waals surface area contributed by atoms with Crippen LogP contribution >= 0.6 is 0 Å². The van der Waals surface area contributed by atoms with Crippen molar-refractivity contribution in [1.82, 2.24) is 14.9 Å². The molecule has 5 rings (SSSR count). The number of fused-ring (bicyclic) bond motifs is 1. The minimum Gasteiger partial charge on any atom is -0.464 e. The van der Waals surface area contributed by atoms with E-state index in [1.165, 1.54) is 6.42 Å². The summed E-state index contributed by atoms with van der Waals surface area (Å²) in [6, 6.07) is 8.41. The number of nitrogens with one attached hydrogen (secondary N) is 1. The van der Waals surface area contributed by atoms with Gasteiger partial charge in [0.2, 0.25) is 5.91 Å². The highest BCUT2D eigenvalue weighted by atomic mass is 16.3. The summed E-state index contributed by atoms with van der Waals surface area (Å²) >= 11 is 0. The molecule has 2 saturated carbocycles. The van der Waals surface area contributed by atoms with Crippen LogP contribution in [-0.2, 0) is 17.8 Å². The first-order valence-electron chi connectivity index (χ1n) is 9.48. The van der Waals surface area contributed by atoms with Gasteiger partial charge in [0, 0.05) is 29.7 Å². The summed E-state index contributed by atoms with van der Waals surface area (Å²) in [5.74, 6) is 3.45. The van der Waals surface area contributed by atoms with E-state index in [4.69, 9.17) is 4.42 Å². The molecule has 5 nitrogen and oxygen atoms in total. The standard InChI is InChI=1S/C21H23N3O2/c1-13-9-18(13)19-7-6-16(26-19)12-24(15-4-5-15)20(25)10-14-11-23-21-17(14)3-2-8-22-21/h2-3,6-8,11,13,15,18H,4-5,9-10,12H2,1H3,(H,22,23)/t13-,18-/m0/s1. The molecule has 0 saturated heterocycles. The van der Waals surface area contributed by atoms with Gasteiger partial charge in [-0.1, -0.05) is 6.92 Å². The topological polar surface area (TPSA) is 62.1 Å². The Morgan fingerprint density at radius 3 is 2.96 bits per heavy atom. The lowest BCUT2D eigenvalue weighted by atomic mass is 10.1. The second kappa shape index (κ2) is 6.01. The van der Waals surface area contributed by atoms with Crippen molar-refractivity contribution in [3.05, 3.63) is 53.7 Å². The highest BCUT2D eigenvalue weighted by Crippen LogP contribution is 2.47. The maximum atomic E-state index is 13.0. The molecule has 26 heavy (non-hydrogen) atoms. The largest absolute Gasteiger partial charge is 0.464 e. The molecule has 2 atom stereocenters. The number of nitrogens with zero attached hydrogens (tertiary/aromatic N) is 2. The molecule has 3 aromatic rings. The van der Waals surface area contributed by atoms with Crippen molar-refractivity contribution in [2.24, 2.45) is 5.92 Å². The van der Waals surface area contributed by atoms with E-state index >= 15 is 0 Å². The van der Waals surface area contributed by atoms with Gasteiger partial charge in [0.25, 0.3) is 0 Å². The van der Waals surface area contributed by atoms with Gasteiger partial charge < -0.3 is 14.3 Å². The van der Waals surface area contributed by atoms with Crippen LogP contribution in [-0.4, -0.2) is 26.8 Å². The number of H-pyrrole nitrogens is 1. The van der Waals surface area contributed by atoms with Gasteiger partial charge >= 0.3 is 0 Å². The zero-order valence-electron chi connectivity index (χ0n) is 14.9. The lowest BCUT2D eigenvalue weighted by molar-refractivity contribution is -0.131. The van der Waals surface area contributed by atoms with Crippen LogP contribution in [0.25, 0.3) is 11.0 Å².